The zero-order valence-electron chi connectivity index (χ0n) is 16.3. The molecule has 1 aromatic heterocycles. The lowest BCUT2D eigenvalue weighted by Gasteiger charge is -2.24. The number of thioether (sulfide) groups is 1. The van der Waals surface area contributed by atoms with Gasteiger partial charge in [-0.2, -0.15) is 0 Å². The molecular weight excluding hydrogens is 372 g/mol. The Morgan fingerprint density at radius 1 is 1.11 bits per heavy atom. The summed E-state index contributed by atoms with van der Waals surface area (Å²) in [5.41, 5.74) is 1.85. The summed E-state index contributed by atoms with van der Waals surface area (Å²) in [5, 5.41) is 7.44. The van der Waals surface area contributed by atoms with Gasteiger partial charge in [-0.3, -0.25) is 9.89 Å². The van der Waals surface area contributed by atoms with Crippen molar-refractivity contribution in [2.75, 3.05) is 20.2 Å². The standard InChI is InChI=1S/C21H24N4O2S/c1-4-25(5-2)20(26)18(15-9-7-6-8-10-15)28-21-22-19(23-24-21)16-11-13-17(27-3)14-12-16/h6-14,18H,4-5H2,1-3H3,(H,22,23,24)/t18-/m0/s1. The first kappa shape index (κ1) is 19.9. The van der Waals surface area contributed by atoms with Crippen molar-refractivity contribution in [1.82, 2.24) is 20.1 Å². The van der Waals surface area contributed by atoms with Gasteiger partial charge >= 0.3 is 0 Å². The number of benzene rings is 2. The summed E-state index contributed by atoms with van der Waals surface area (Å²) in [6, 6.07) is 17.4. The first-order chi connectivity index (χ1) is 13.7. The van der Waals surface area contributed by atoms with Gasteiger partial charge in [-0.15, -0.1) is 5.10 Å². The number of H-pyrrole nitrogens is 1. The summed E-state index contributed by atoms with van der Waals surface area (Å²) in [4.78, 5) is 19.5. The quantitative estimate of drug-likeness (QED) is 0.578. The second-order valence-corrected chi connectivity index (χ2v) is 7.19. The number of carbonyl (C=O) groups is 1. The Hall–Kier alpha value is -2.80. The molecular formula is C21H24N4O2S. The molecule has 0 radical (unpaired) electrons. The van der Waals surface area contributed by atoms with Crippen LogP contribution in [0.15, 0.2) is 59.8 Å². The van der Waals surface area contributed by atoms with E-state index in [-0.39, 0.29) is 11.2 Å². The zero-order chi connectivity index (χ0) is 19.9. The summed E-state index contributed by atoms with van der Waals surface area (Å²) in [7, 11) is 1.63. The SMILES string of the molecule is CCN(CC)C(=O)[C@@H](Sc1n[nH]c(-c2ccc(OC)cc2)n1)c1ccccc1. The monoisotopic (exact) mass is 396 g/mol. The van der Waals surface area contributed by atoms with Gasteiger partial charge in [0.15, 0.2) is 5.82 Å². The van der Waals surface area contributed by atoms with E-state index in [0.717, 1.165) is 16.9 Å². The molecule has 0 aliphatic rings. The fourth-order valence-electron chi connectivity index (χ4n) is 2.87. The largest absolute Gasteiger partial charge is 0.497 e. The van der Waals surface area contributed by atoms with E-state index < -0.39 is 0 Å². The molecule has 3 rings (SSSR count). The number of likely N-dealkylation sites (N-methyl/N-ethyl adjacent to an activating group) is 1. The molecule has 1 amide bonds. The number of hydrogen-bond donors (Lipinski definition) is 1. The number of hydrogen-bond acceptors (Lipinski definition) is 5. The van der Waals surface area contributed by atoms with E-state index >= 15 is 0 Å². The van der Waals surface area contributed by atoms with Gasteiger partial charge < -0.3 is 9.64 Å². The van der Waals surface area contributed by atoms with E-state index in [9.17, 15) is 4.79 Å². The summed E-state index contributed by atoms with van der Waals surface area (Å²) in [6.45, 7) is 5.32. The molecule has 1 atom stereocenters. The van der Waals surface area contributed by atoms with Crippen LogP contribution < -0.4 is 4.74 Å². The predicted molar refractivity (Wildman–Crippen MR) is 111 cm³/mol. The number of rotatable bonds is 8. The van der Waals surface area contributed by atoms with Crippen molar-refractivity contribution in [3.63, 3.8) is 0 Å². The maximum absolute atomic E-state index is 13.1. The Kier molecular flexibility index (Phi) is 6.71. The van der Waals surface area contributed by atoms with Crippen LogP contribution in [-0.4, -0.2) is 46.2 Å². The summed E-state index contributed by atoms with van der Waals surface area (Å²) < 4.78 is 5.19. The van der Waals surface area contributed by atoms with Crippen LogP contribution in [0.2, 0.25) is 0 Å². The molecule has 146 valence electrons. The third kappa shape index (κ3) is 4.54. The van der Waals surface area contributed by atoms with Crippen LogP contribution in [-0.2, 0) is 4.79 Å². The fourth-order valence-corrected chi connectivity index (χ4v) is 3.87. The van der Waals surface area contributed by atoms with Crippen molar-refractivity contribution < 1.29 is 9.53 Å². The molecule has 0 aliphatic heterocycles. The number of ether oxygens (including phenoxy) is 1. The first-order valence-electron chi connectivity index (χ1n) is 9.23. The Balaban J connectivity index is 1.84. The number of nitrogens with one attached hydrogen (secondary N) is 1. The lowest BCUT2D eigenvalue weighted by Crippen LogP contribution is -2.33. The fraction of sp³-hybridized carbons (Fsp3) is 0.286. The maximum Gasteiger partial charge on any atom is 0.240 e. The minimum Gasteiger partial charge on any atom is -0.497 e. The van der Waals surface area contributed by atoms with Gasteiger partial charge in [0, 0.05) is 18.7 Å². The van der Waals surface area contributed by atoms with Crippen LogP contribution in [0.4, 0.5) is 0 Å². The molecule has 3 aromatic rings. The molecule has 0 spiro atoms. The molecule has 2 aromatic carbocycles. The maximum atomic E-state index is 13.1. The summed E-state index contributed by atoms with van der Waals surface area (Å²) >= 11 is 1.36. The number of methoxy groups -OCH3 is 1. The van der Waals surface area contributed by atoms with Crippen LogP contribution in [0.5, 0.6) is 5.75 Å². The minimum atomic E-state index is -0.388. The van der Waals surface area contributed by atoms with Crippen LogP contribution in [0.3, 0.4) is 0 Å². The van der Waals surface area contributed by atoms with Crippen LogP contribution in [0.25, 0.3) is 11.4 Å². The van der Waals surface area contributed by atoms with Gasteiger partial charge in [-0.05, 0) is 43.7 Å². The van der Waals surface area contributed by atoms with Gasteiger partial charge in [-0.25, -0.2) is 4.98 Å². The zero-order valence-corrected chi connectivity index (χ0v) is 17.1. The third-order valence-electron chi connectivity index (χ3n) is 4.45. The van der Waals surface area contributed by atoms with E-state index in [1.807, 2.05) is 73.3 Å². The molecule has 1 heterocycles. The number of nitrogens with zero attached hydrogens (tertiary/aromatic N) is 3. The van der Waals surface area contributed by atoms with Gasteiger partial charge in [-0.1, -0.05) is 42.1 Å². The van der Waals surface area contributed by atoms with E-state index in [4.69, 9.17) is 4.74 Å². The lowest BCUT2D eigenvalue weighted by molar-refractivity contribution is -0.130. The molecule has 7 heteroatoms. The van der Waals surface area contributed by atoms with E-state index in [1.54, 1.807) is 7.11 Å². The highest BCUT2D eigenvalue weighted by atomic mass is 32.2. The van der Waals surface area contributed by atoms with Gasteiger partial charge in [0.1, 0.15) is 11.0 Å². The minimum absolute atomic E-state index is 0.0667. The van der Waals surface area contributed by atoms with Crippen molar-refractivity contribution >= 4 is 17.7 Å². The van der Waals surface area contributed by atoms with Crippen molar-refractivity contribution in [2.45, 2.75) is 24.3 Å². The highest BCUT2D eigenvalue weighted by Gasteiger charge is 2.27. The normalized spacial score (nSPS) is 11.8. The van der Waals surface area contributed by atoms with Gasteiger partial charge in [0.2, 0.25) is 11.1 Å². The second-order valence-electron chi connectivity index (χ2n) is 6.11. The smallest absolute Gasteiger partial charge is 0.240 e. The van der Waals surface area contributed by atoms with Gasteiger partial charge in [0.05, 0.1) is 7.11 Å². The highest BCUT2D eigenvalue weighted by Crippen LogP contribution is 2.35. The Morgan fingerprint density at radius 3 is 2.39 bits per heavy atom. The molecule has 0 saturated heterocycles. The molecule has 0 unspecified atom stereocenters. The lowest BCUT2D eigenvalue weighted by atomic mass is 10.1. The number of carbonyl (C=O) groups excluding carboxylic acids is 1. The van der Waals surface area contributed by atoms with Crippen LogP contribution in [0.1, 0.15) is 24.7 Å². The number of amides is 1. The van der Waals surface area contributed by atoms with Crippen molar-refractivity contribution in [3.05, 3.63) is 60.2 Å². The second kappa shape index (κ2) is 9.41. The molecule has 0 aliphatic carbocycles. The van der Waals surface area contributed by atoms with E-state index in [0.29, 0.717) is 24.1 Å². The van der Waals surface area contributed by atoms with Crippen molar-refractivity contribution in [3.8, 4) is 17.1 Å². The van der Waals surface area contributed by atoms with Crippen molar-refractivity contribution in [1.29, 1.82) is 0 Å². The highest BCUT2D eigenvalue weighted by molar-refractivity contribution is 8.00. The summed E-state index contributed by atoms with van der Waals surface area (Å²) in [6.07, 6.45) is 0. The average molecular weight is 397 g/mol. The van der Waals surface area contributed by atoms with Crippen molar-refractivity contribution in [2.24, 2.45) is 0 Å². The van der Waals surface area contributed by atoms with Crippen LogP contribution in [0, 0.1) is 0 Å². The Bertz CT molecular complexity index is 892. The number of aromatic nitrogens is 3. The first-order valence-corrected chi connectivity index (χ1v) is 10.1. The topological polar surface area (TPSA) is 71.1 Å². The third-order valence-corrected chi connectivity index (χ3v) is 5.56. The van der Waals surface area contributed by atoms with Gasteiger partial charge in [0.25, 0.3) is 0 Å². The molecule has 0 saturated carbocycles. The molecule has 6 nitrogen and oxygen atoms in total. The average Bonchev–Trinajstić information content (AvgIpc) is 3.22. The molecule has 0 bridgehead atoms. The van der Waals surface area contributed by atoms with E-state index in [2.05, 4.69) is 15.2 Å². The molecule has 1 N–H and O–H groups in total. The van der Waals surface area contributed by atoms with E-state index in [1.165, 1.54) is 11.8 Å². The Labute approximate surface area is 169 Å². The Morgan fingerprint density at radius 2 is 1.79 bits per heavy atom. The van der Waals surface area contributed by atoms with Crippen LogP contribution >= 0.6 is 11.8 Å². The summed E-state index contributed by atoms with van der Waals surface area (Å²) in [5.74, 6) is 1.51. The predicted octanol–water partition coefficient (Wildman–Crippen LogP) is 4.18. The number of aromatic amines is 1. The molecule has 28 heavy (non-hydrogen) atoms. The molecule has 0 fully saturated rings.